The van der Waals surface area contributed by atoms with Crippen molar-refractivity contribution in [3.05, 3.63) is 53.6 Å². The molecule has 1 N–H and O–H groups in total. The summed E-state index contributed by atoms with van der Waals surface area (Å²) in [6.45, 7) is 6.24. The maximum Gasteiger partial charge on any atom is 0.233 e. The lowest BCUT2D eigenvalue weighted by atomic mass is 10.2. The normalized spacial score (nSPS) is 12.0. The molecule has 0 saturated heterocycles. The van der Waals surface area contributed by atoms with Crippen LogP contribution in [-0.2, 0) is 11.3 Å². The van der Waals surface area contributed by atoms with E-state index in [0.29, 0.717) is 6.54 Å². The number of amides is 1. The molecule has 1 aromatic heterocycles. The highest BCUT2D eigenvalue weighted by atomic mass is 32.2. The summed E-state index contributed by atoms with van der Waals surface area (Å²) >= 11 is 1.55. The predicted octanol–water partition coefficient (Wildman–Crippen LogP) is 2.89. The molecule has 0 spiro atoms. The maximum absolute atomic E-state index is 12.1. The number of nitrogens with zero attached hydrogens (tertiary/aromatic N) is 2. The van der Waals surface area contributed by atoms with Gasteiger partial charge < -0.3 is 5.32 Å². The summed E-state index contributed by atoms with van der Waals surface area (Å²) < 4.78 is 0. The van der Waals surface area contributed by atoms with Crippen molar-refractivity contribution in [1.82, 2.24) is 15.3 Å². The Morgan fingerprint density at radius 2 is 1.90 bits per heavy atom. The largest absolute Gasteiger partial charge is 0.349 e. The molecule has 2 rings (SSSR count). The molecule has 0 bridgehead atoms. The molecule has 1 atom stereocenters. The molecule has 0 aliphatic carbocycles. The first kappa shape index (κ1) is 15.5. The van der Waals surface area contributed by atoms with Crippen molar-refractivity contribution in [2.24, 2.45) is 0 Å². The van der Waals surface area contributed by atoms with Gasteiger partial charge in [0, 0.05) is 11.1 Å². The fourth-order valence-electron chi connectivity index (χ4n) is 1.71. The number of hydrogen-bond donors (Lipinski definition) is 1. The van der Waals surface area contributed by atoms with Crippen LogP contribution in [0.15, 0.2) is 41.6 Å². The van der Waals surface area contributed by atoms with Crippen LogP contribution in [0.25, 0.3) is 0 Å². The van der Waals surface area contributed by atoms with E-state index in [0.717, 1.165) is 16.3 Å². The first-order valence-electron chi connectivity index (χ1n) is 6.83. The Labute approximate surface area is 129 Å². The molecule has 0 aliphatic heterocycles. The predicted molar refractivity (Wildman–Crippen MR) is 85.1 cm³/mol. The molecule has 0 aliphatic rings. The number of aromatic nitrogens is 2. The zero-order valence-corrected chi connectivity index (χ0v) is 13.3. The molecule has 0 radical (unpaired) electrons. The van der Waals surface area contributed by atoms with Crippen LogP contribution in [0.2, 0.25) is 0 Å². The highest BCUT2D eigenvalue weighted by molar-refractivity contribution is 8.00. The Bertz CT molecular complexity index is 596. The van der Waals surface area contributed by atoms with Crippen molar-refractivity contribution in [2.75, 3.05) is 0 Å². The van der Waals surface area contributed by atoms with Gasteiger partial charge in [0.15, 0.2) is 0 Å². The van der Waals surface area contributed by atoms with Gasteiger partial charge in [0.25, 0.3) is 0 Å². The maximum atomic E-state index is 12.1. The third kappa shape index (κ3) is 4.86. The summed E-state index contributed by atoms with van der Waals surface area (Å²) in [5, 5.41) is 2.74. The van der Waals surface area contributed by atoms with Crippen LogP contribution >= 0.6 is 11.8 Å². The minimum atomic E-state index is -0.147. The van der Waals surface area contributed by atoms with E-state index in [4.69, 9.17) is 0 Å². The second-order valence-corrected chi connectivity index (χ2v) is 6.35. The lowest BCUT2D eigenvalue weighted by molar-refractivity contribution is -0.120. The van der Waals surface area contributed by atoms with E-state index in [1.54, 1.807) is 24.2 Å². The van der Waals surface area contributed by atoms with E-state index in [2.05, 4.69) is 27.4 Å². The van der Waals surface area contributed by atoms with Gasteiger partial charge in [0.1, 0.15) is 0 Å². The highest BCUT2D eigenvalue weighted by Gasteiger charge is 2.14. The average Bonchev–Trinajstić information content (AvgIpc) is 2.48. The van der Waals surface area contributed by atoms with Crippen LogP contribution in [0.4, 0.5) is 0 Å². The molecule has 1 heterocycles. The number of nitrogens with one attached hydrogen (secondary N) is 1. The Balaban J connectivity index is 1.84. The standard InChI is InChI=1S/C16H19N3OS/c1-11-4-6-15(7-5-11)21-13(3)16(20)19-10-14-9-17-12(2)8-18-14/h4-9,13H,10H2,1-3H3,(H,19,20). The minimum Gasteiger partial charge on any atom is -0.349 e. The van der Waals surface area contributed by atoms with E-state index in [-0.39, 0.29) is 11.2 Å². The van der Waals surface area contributed by atoms with Crippen LogP contribution in [0.3, 0.4) is 0 Å². The fourth-order valence-corrected chi connectivity index (χ4v) is 2.60. The molecule has 1 aromatic carbocycles. The number of hydrogen-bond acceptors (Lipinski definition) is 4. The summed E-state index contributed by atoms with van der Waals surface area (Å²) in [5.41, 5.74) is 2.85. The van der Waals surface area contributed by atoms with E-state index in [9.17, 15) is 4.79 Å². The fraction of sp³-hybridized carbons (Fsp3) is 0.312. The van der Waals surface area contributed by atoms with Gasteiger partial charge in [-0.2, -0.15) is 0 Å². The van der Waals surface area contributed by atoms with Crippen LogP contribution < -0.4 is 5.32 Å². The summed E-state index contributed by atoms with van der Waals surface area (Å²) in [5.74, 6) is 0.00273. The van der Waals surface area contributed by atoms with E-state index in [1.807, 2.05) is 32.9 Å². The number of benzene rings is 1. The second kappa shape index (κ2) is 7.22. The van der Waals surface area contributed by atoms with Crippen LogP contribution in [0, 0.1) is 13.8 Å². The monoisotopic (exact) mass is 301 g/mol. The van der Waals surface area contributed by atoms with Gasteiger partial charge in [0.2, 0.25) is 5.91 Å². The van der Waals surface area contributed by atoms with E-state index < -0.39 is 0 Å². The number of aryl methyl sites for hydroxylation is 2. The Morgan fingerprint density at radius 3 is 2.52 bits per heavy atom. The van der Waals surface area contributed by atoms with E-state index >= 15 is 0 Å². The van der Waals surface area contributed by atoms with Crippen molar-refractivity contribution in [2.45, 2.75) is 37.5 Å². The Kier molecular flexibility index (Phi) is 5.33. The van der Waals surface area contributed by atoms with Crippen molar-refractivity contribution in [3.63, 3.8) is 0 Å². The average molecular weight is 301 g/mol. The van der Waals surface area contributed by atoms with Crippen molar-refractivity contribution in [3.8, 4) is 0 Å². The van der Waals surface area contributed by atoms with Gasteiger partial charge in [-0.3, -0.25) is 14.8 Å². The molecule has 1 amide bonds. The third-order valence-electron chi connectivity index (χ3n) is 2.98. The van der Waals surface area contributed by atoms with Crippen LogP contribution in [-0.4, -0.2) is 21.1 Å². The number of carbonyl (C=O) groups excluding carboxylic acids is 1. The quantitative estimate of drug-likeness (QED) is 0.863. The molecule has 0 fully saturated rings. The van der Waals surface area contributed by atoms with Gasteiger partial charge in [-0.15, -0.1) is 11.8 Å². The SMILES string of the molecule is Cc1ccc(SC(C)C(=O)NCc2cnc(C)cn2)cc1. The zero-order chi connectivity index (χ0) is 15.2. The van der Waals surface area contributed by atoms with Crippen molar-refractivity contribution >= 4 is 17.7 Å². The highest BCUT2D eigenvalue weighted by Crippen LogP contribution is 2.23. The van der Waals surface area contributed by atoms with Gasteiger partial charge >= 0.3 is 0 Å². The van der Waals surface area contributed by atoms with Crippen molar-refractivity contribution in [1.29, 1.82) is 0 Å². The van der Waals surface area contributed by atoms with Gasteiger partial charge in [-0.1, -0.05) is 17.7 Å². The van der Waals surface area contributed by atoms with Crippen molar-refractivity contribution < 1.29 is 4.79 Å². The molecule has 2 aromatic rings. The molecular formula is C16H19N3OS. The number of thioether (sulfide) groups is 1. The lowest BCUT2D eigenvalue weighted by Gasteiger charge is -2.12. The summed E-state index contributed by atoms with van der Waals surface area (Å²) in [6.07, 6.45) is 3.39. The van der Waals surface area contributed by atoms with Crippen LogP contribution in [0.5, 0.6) is 0 Å². The molecule has 5 heteroatoms. The lowest BCUT2D eigenvalue weighted by Crippen LogP contribution is -2.30. The van der Waals surface area contributed by atoms with Gasteiger partial charge in [0.05, 0.1) is 29.4 Å². The molecule has 4 nitrogen and oxygen atoms in total. The molecular weight excluding hydrogens is 282 g/mol. The smallest absolute Gasteiger partial charge is 0.233 e. The minimum absolute atomic E-state index is 0.00273. The Morgan fingerprint density at radius 1 is 1.19 bits per heavy atom. The Hall–Kier alpha value is -1.88. The molecule has 0 saturated carbocycles. The summed E-state index contributed by atoms with van der Waals surface area (Å²) in [7, 11) is 0. The number of carbonyl (C=O) groups is 1. The zero-order valence-electron chi connectivity index (χ0n) is 12.5. The first-order valence-corrected chi connectivity index (χ1v) is 7.71. The van der Waals surface area contributed by atoms with Crippen LogP contribution in [0.1, 0.15) is 23.9 Å². The second-order valence-electron chi connectivity index (χ2n) is 4.94. The summed E-state index contributed by atoms with van der Waals surface area (Å²) in [6, 6.07) is 8.17. The van der Waals surface area contributed by atoms with E-state index in [1.165, 1.54) is 5.56 Å². The third-order valence-corrected chi connectivity index (χ3v) is 4.09. The number of rotatable bonds is 5. The molecule has 1 unspecified atom stereocenters. The molecule has 21 heavy (non-hydrogen) atoms. The summed E-state index contributed by atoms with van der Waals surface area (Å²) in [4.78, 5) is 21.5. The molecule has 110 valence electrons. The first-order chi connectivity index (χ1) is 10.0. The van der Waals surface area contributed by atoms with Gasteiger partial charge in [-0.05, 0) is 32.9 Å². The van der Waals surface area contributed by atoms with Gasteiger partial charge in [-0.25, -0.2) is 0 Å². The topological polar surface area (TPSA) is 54.9 Å².